The molecule has 1 rings (SSSR count). The molecule has 0 fully saturated rings. The maximum atomic E-state index is 11.4. The molecule has 0 bridgehead atoms. The minimum absolute atomic E-state index is 0.0702. The molecule has 0 saturated carbocycles. The summed E-state index contributed by atoms with van der Waals surface area (Å²) in [5.74, 6) is 1.20. The Morgan fingerprint density at radius 3 is 2.37 bits per heavy atom. The summed E-state index contributed by atoms with van der Waals surface area (Å²) >= 11 is 0. The normalized spacial score (nSPS) is 13.5. The molecule has 19 heavy (non-hydrogen) atoms. The molecule has 5 heteroatoms. The first-order chi connectivity index (χ1) is 9.03. The summed E-state index contributed by atoms with van der Waals surface area (Å²) in [4.78, 5) is 11.4. The molecule has 5 nitrogen and oxygen atoms in total. The summed E-state index contributed by atoms with van der Waals surface area (Å²) in [6.07, 6.45) is 0. The van der Waals surface area contributed by atoms with Gasteiger partial charge in [0.15, 0.2) is 0 Å². The van der Waals surface area contributed by atoms with E-state index in [1.165, 1.54) is 7.11 Å². The lowest BCUT2D eigenvalue weighted by molar-refractivity contribution is -0.142. The van der Waals surface area contributed by atoms with Gasteiger partial charge in [0, 0.05) is 11.6 Å². The lowest BCUT2D eigenvalue weighted by atomic mass is 10.1. The molecule has 1 N–H and O–H groups in total. The van der Waals surface area contributed by atoms with Gasteiger partial charge < -0.3 is 14.2 Å². The van der Waals surface area contributed by atoms with Crippen molar-refractivity contribution in [3.8, 4) is 11.5 Å². The first-order valence-corrected chi connectivity index (χ1v) is 6.09. The van der Waals surface area contributed by atoms with Crippen molar-refractivity contribution in [2.75, 3.05) is 21.3 Å². The van der Waals surface area contributed by atoms with Crippen LogP contribution < -0.4 is 14.8 Å². The fourth-order valence-corrected chi connectivity index (χ4v) is 1.89. The smallest absolute Gasteiger partial charge is 0.322 e. The zero-order valence-corrected chi connectivity index (χ0v) is 12.0. The molecular weight excluding hydrogens is 246 g/mol. The summed E-state index contributed by atoms with van der Waals surface area (Å²) in [5, 5.41) is 3.16. The molecule has 0 heterocycles. The standard InChI is InChI=1S/C14H21NO4/c1-9(15-10(2)14(16)19-5)12-8-11(17-3)6-7-13(12)18-4/h6-10,15H,1-5H3/t9?,10-/m0/s1. The van der Waals surface area contributed by atoms with Crippen LogP contribution in [0.1, 0.15) is 25.5 Å². The zero-order valence-electron chi connectivity index (χ0n) is 12.0. The van der Waals surface area contributed by atoms with Crippen LogP contribution in [0.4, 0.5) is 0 Å². The third-order valence-electron chi connectivity index (χ3n) is 2.96. The lowest BCUT2D eigenvalue weighted by Gasteiger charge is -2.21. The van der Waals surface area contributed by atoms with Crippen LogP contribution in [0, 0.1) is 0 Å². The Labute approximate surface area is 113 Å². The molecule has 0 aliphatic heterocycles. The van der Waals surface area contributed by atoms with E-state index in [0.717, 1.165) is 17.1 Å². The zero-order chi connectivity index (χ0) is 14.4. The Morgan fingerprint density at radius 2 is 1.84 bits per heavy atom. The van der Waals surface area contributed by atoms with E-state index in [1.54, 1.807) is 21.1 Å². The second-order valence-corrected chi connectivity index (χ2v) is 4.24. The molecule has 0 saturated heterocycles. The SMILES string of the molecule is COC(=O)[C@H](C)NC(C)c1cc(OC)ccc1OC. The highest BCUT2D eigenvalue weighted by atomic mass is 16.5. The maximum Gasteiger partial charge on any atom is 0.322 e. The first kappa shape index (κ1) is 15.3. The Hall–Kier alpha value is -1.75. The third kappa shape index (κ3) is 3.86. The van der Waals surface area contributed by atoms with Crippen LogP contribution in [-0.4, -0.2) is 33.3 Å². The van der Waals surface area contributed by atoms with Crippen molar-refractivity contribution in [1.82, 2.24) is 5.32 Å². The number of methoxy groups -OCH3 is 3. The van der Waals surface area contributed by atoms with E-state index in [9.17, 15) is 4.79 Å². The monoisotopic (exact) mass is 267 g/mol. The number of nitrogens with one attached hydrogen (secondary N) is 1. The second kappa shape index (κ2) is 6.99. The molecule has 2 atom stereocenters. The van der Waals surface area contributed by atoms with Gasteiger partial charge in [0.1, 0.15) is 17.5 Å². The Bertz CT molecular complexity index is 433. The molecule has 0 radical (unpaired) electrons. The highest BCUT2D eigenvalue weighted by molar-refractivity contribution is 5.75. The summed E-state index contributed by atoms with van der Waals surface area (Å²) in [6.45, 7) is 3.71. The van der Waals surface area contributed by atoms with Gasteiger partial charge in [0.05, 0.1) is 21.3 Å². The average Bonchev–Trinajstić information content (AvgIpc) is 2.45. The summed E-state index contributed by atoms with van der Waals surface area (Å²) in [6, 6.07) is 5.10. The number of esters is 1. The molecule has 0 aliphatic carbocycles. The molecule has 1 aromatic carbocycles. The van der Waals surface area contributed by atoms with Crippen LogP contribution in [0.5, 0.6) is 11.5 Å². The topological polar surface area (TPSA) is 56.8 Å². The van der Waals surface area contributed by atoms with E-state index in [4.69, 9.17) is 14.2 Å². The van der Waals surface area contributed by atoms with Gasteiger partial charge in [-0.2, -0.15) is 0 Å². The minimum atomic E-state index is -0.393. The molecule has 1 aromatic rings. The largest absolute Gasteiger partial charge is 0.497 e. The molecule has 1 unspecified atom stereocenters. The molecule has 0 aromatic heterocycles. The number of hydrogen-bond donors (Lipinski definition) is 1. The molecule has 0 aliphatic rings. The van der Waals surface area contributed by atoms with Crippen molar-refractivity contribution in [2.45, 2.75) is 25.9 Å². The van der Waals surface area contributed by atoms with Crippen molar-refractivity contribution < 1.29 is 19.0 Å². The summed E-state index contributed by atoms with van der Waals surface area (Å²) < 4.78 is 15.2. The van der Waals surface area contributed by atoms with Gasteiger partial charge in [0.2, 0.25) is 0 Å². The van der Waals surface area contributed by atoms with Crippen molar-refractivity contribution in [3.05, 3.63) is 23.8 Å². The highest BCUT2D eigenvalue weighted by Crippen LogP contribution is 2.29. The fraction of sp³-hybridized carbons (Fsp3) is 0.500. The highest BCUT2D eigenvalue weighted by Gasteiger charge is 2.19. The predicted octanol–water partition coefficient (Wildman–Crippen LogP) is 1.92. The van der Waals surface area contributed by atoms with Gasteiger partial charge in [-0.3, -0.25) is 10.1 Å². The van der Waals surface area contributed by atoms with Crippen LogP contribution in [0.3, 0.4) is 0 Å². The fourth-order valence-electron chi connectivity index (χ4n) is 1.89. The summed E-state index contributed by atoms with van der Waals surface area (Å²) in [5.41, 5.74) is 0.928. The third-order valence-corrected chi connectivity index (χ3v) is 2.96. The number of carbonyl (C=O) groups excluding carboxylic acids is 1. The van der Waals surface area contributed by atoms with E-state index < -0.39 is 6.04 Å². The lowest BCUT2D eigenvalue weighted by Crippen LogP contribution is -2.36. The van der Waals surface area contributed by atoms with E-state index in [-0.39, 0.29) is 12.0 Å². The van der Waals surface area contributed by atoms with Crippen molar-refractivity contribution in [1.29, 1.82) is 0 Å². The van der Waals surface area contributed by atoms with Gasteiger partial charge in [-0.05, 0) is 32.0 Å². The Balaban J connectivity index is 2.91. The quantitative estimate of drug-likeness (QED) is 0.798. The van der Waals surface area contributed by atoms with Crippen molar-refractivity contribution >= 4 is 5.97 Å². The predicted molar refractivity (Wildman–Crippen MR) is 72.6 cm³/mol. The van der Waals surface area contributed by atoms with Crippen LogP contribution in [0.25, 0.3) is 0 Å². The van der Waals surface area contributed by atoms with Crippen molar-refractivity contribution in [2.24, 2.45) is 0 Å². The van der Waals surface area contributed by atoms with E-state index in [0.29, 0.717) is 0 Å². The Morgan fingerprint density at radius 1 is 1.16 bits per heavy atom. The first-order valence-electron chi connectivity index (χ1n) is 6.09. The van der Waals surface area contributed by atoms with Crippen LogP contribution in [0.2, 0.25) is 0 Å². The summed E-state index contributed by atoms with van der Waals surface area (Å²) in [7, 11) is 4.60. The second-order valence-electron chi connectivity index (χ2n) is 4.24. The van der Waals surface area contributed by atoms with E-state index in [2.05, 4.69) is 5.32 Å². The number of benzene rings is 1. The molecule has 0 spiro atoms. The Kier molecular flexibility index (Phi) is 5.63. The van der Waals surface area contributed by atoms with E-state index in [1.807, 2.05) is 25.1 Å². The van der Waals surface area contributed by atoms with Crippen LogP contribution in [-0.2, 0) is 9.53 Å². The number of ether oxygens (including phenoxy) is 3. The van der Waals surface area contributed by atoms with Crippen LogP contribution >= 0.6 is 0 Å². The number of hydrogen-bond acceptors (Lipinski definition) is 5. The van der Waals surface area contributed by atoms with Gasteiger partial charge in [0.25, 0.3) is 0 Å². The van der Waals surface area contributed by atoms with Crippen molar-refractivity contribution in [3.63, 3.8) is 0 Å². The van der Waals surface area contributed by atoms with Gasteiger partial charge in [-0.1, -0.05) is 0 Å². The van der Waals surface area contributed by atoms with Gasteiger partial charge in [-0.25, -0.2) is 0 Å². The maximum absolute atomic E-state index is 11.4. The molecule has 106 valence electrons. The average molecular weight is 267 g/mol. The number of carbonyl (C=O) groups is 1. The van der Waals surface area contributed by atoms with E-state index >= 15 is 0 Å². The molecular formula is C14H21NO4. The van der Waals surface area contributed by atoms with Gasteiger partial charge in [-0.15, -0.1) is 0 Å². The number of rotatable bonds is 6. The van der Waals surface area contributed by atoms with Gasteiger partial charge >= 0.3 is 5.97 Å². The van der Waals surface area contributed by atoms with Crippen LogP contribution in [0.15, 0.2) is 18.2 Å². The molecule has 0 amide bonds. The minimum Gasteiger partial charge on any atom is -0.497 e.